The second kappa shape index (κ2) is 7.72. The van der Waals surface area contributed by atoms with E-state index in [0.717, 1.165) is 16.9 Å². The van der Waals surface area contributed by atoms with E-state index < -0.39 is 10.0 Å². The Balaban J connectivity index is 1.77. The fourth-order valence-electron chi connectivity index (χ4n) is 2.47. The third kappa shape index (κ3) is 4.16. The van der Waals surface area contributed by atoms with E-state index in [1.165, 1.54) is 11.4 Å². The summed E-state index contributed by atoms with van der Waals surface area (Å²) in [6, 6.07) is 14.9. The minimum atomic E-state index is -3.60. The number of sulfonamides is 1. The van der Waals surface area contributed by atoms with E-state index in [4.69, 9.17) is 11.6 Å². The highest BCUT2D eigenvalue weighted by atomic mass is 35.5. The minimum absolute atomic E-state index is 0.269. The molecule has 0 bridgehead atoms. The molecule has 0 spiro atoms. The number of nitrogens with zero attached hydrogens (tertiary/aromatic N) is 1. The van der Waals surface area contributed by atoms with Gasteiger partial charge in [-0.1, -0.05) is 17.7 Å². The molecule has 0 fully saturated rings. The summed E-state index contributed by atoms with van der Waals surface area (Å²) in [4.78, 5) is 12.4. The molecule has 2 aromatic carbocycles. The van der Waals surface area contributed by atoms with Crippen LogP contribution in [-0.4, -0.2) is 21.4 Å². The maximum atomic E-state index is 12.6. The molecule has 0 saturated carbocycles. The van der Waals surface area contributed by atoms with Crippen molar-refractivity contribution in [2.24, 2.45) is 0 Å². The number of benzene rings is 2. The van der Waals surface area contributed by atoms with Gasteiger partial charge in [-0.25, -0.2) is 8.42 Å². The van der Waals surface area contributed by atoms with Gasteiger partial charge in [0.1, 0.15) is 4.21 Å². The summed E-state index contributed by atoms with van der Waals surface area (Å²) in [6.07, 6.45) is 0. The average molecular weight is 421 g/mol. The Morgan fingerprint density at radius 3 is 2.41 bits per heavy atom. The lowest BCUT2D eigenvalue weighted by Crippen LogP contribution is -2.25. The Morgan fingerprint density at radius 2 is 1.81 bits per heavy atom. The maximum Gasteiger partial charge on any atom is 0.273 e. The molecule has 1 heterocycles. The number of hydrogen-bond donors (Lipinski definition) is 1. The van der Waals surface area contributed by atoms with Crippen molar-refractivity contribution in [2.45, 2.75) is 11.1 Å². The average Bonchev–Trinajstić information content (AvgIpc) is 3.19. The first-order valence-electron chi connectivity index (χ1n) is 7.99. The summed E-state index contributed by atoms with van der Waals surface area (Å²) >= 11 is 7.09. The van der Waals surface area contributed by atoms with Crippen molar-refractivity contribution in [1.29, 1.82) is 0 Å². The molecule has 27 heavy (non-hydrogen) atoms. The summed E-state index contributed by atoms with van der Waals surface area (Å²) in [7, 11) is -2.11. The Bertz CT molecular complexity index is 1060. The van der Waals surface area contributed by atoms with Crippen molar-refractivity contribution in [3.63, 3.8) is 0 Å². The zero-order valence-corrected chi connectivity index (χ0v) is 17.0. The number of carbonyl (C=O) groups is 1. The zero-order valence-electron chi connectivity index (χ0n) is 14.6. The predicted molar refractivity (Wildman–Crippen MR) is 110 cm³/mol. The van der Waals surface area contributed by atoms with Crippen LogP contribution in [0.15, 0.2) is 64.2 Å². The molecule has 0 aliphatic rings. The zero-order chi connectivity index (χ0) is 19.6. The monoisotopic (exact) mass is 420 g/mol. The summed E-state index contributed by atoms with van der Waals surface area (Å²) < 4.78 is 26.6. The lowest BCUT2D eigenvalue weighted by atomic mass is 10.1. The molecular formula is C19H17ClN2O3S2. The molecule has 0 unspecified atom stereocenters. The van der Waals surface area contributed by atoms with Crippen LogP contribution in [-0.2, 0) is 10.0 Å². The number of nitrogens with one attached hydrogen (secondary N) is 1. The normalized spacial score (nSPS) is 11.2. The first kappa shape index (κ1) is 19.4. The van der Waals surface area contributed by atoms with Gasteiger partial charge in [-0.3, -0.25) is 9.10 Å². The quantitative estimate of drug-likeness (QED) is 0.645. The molecule has 3 aromatic rings. The smallest absolute Gasteiger partial charge is 0.273 e. The van der Waals surface area contributed by atoms with Gasteiger partial charge in [-0.15, -0.1) is 11.3 Å². The molecule has 140 valence electrons. The van der Waals surface area contributed by atoms with E-state index >= 15 is 0 Å². The van der Waals surface area contributed by atoms with E-state index in [-0.39, 0.29) is 10.1 Å². The number of rotatable bonds is 5. The van der Waals surface area contributed by atoms with Crippen molar-refractivity contribution in [3.05, 3.63) is 76.1 Å². The van der Waals surface area contributed by atoms with Gasteiger partial charge in [-0.05, 0) is 66.4 Å². The predicted octanol–water partition coefficient (Wildman–Crippen LogP) is 4.79. The highest BCUT2D eigenvalue weighted by Crippen LogP contribution is 2.26. The van der Waals surface area contributed by atoms with Crippen molar-refractivity contribution >= 4 is 50.2 Å². The van der Waals surface area contributed by atoms with Crippen molar-refractivity contribution < 1.29 is 13.2 Å². The molecule has 8 heteroatoms. The highest BCUT2D eigenvalue weighted by molar-refractivity contribution is 7.94. The largest absolute Gasteiger partial charge is 0.322 e. The fraction of sp³-hybridized carbons (Fsp3) is 0.105. The van der Waals surface area contributed by atoms with Crippen LogP contribution in [0.25, 0.3) is 0 Å². The Morgan fingerprint density at radius 1 is 1.11 bits per heavy atom. The minimum Gasteiger partial charge on any atom is -0.322 e. The number of anilines is 2. The van der Waals surface area contributed by atoms with Crippen LogP contribution in [0.2, 0.25) is 5.02 Å². The van der Waals surface area contributed by atoms with E-state index in [2.05, 4.69) is 5.32 Å². The van der Waals surface area contributed by atoms with Gasteiger partial charge in [0.2, 0.25) is 0 Å². The molecule has 1 N–H and O–H groups in total. The van der Waals surface area contributed by atoms with Gasteiger partial charge in [-0.2, -0.15) is 0 Å². The second-order valence-electron chi connectivity index (χ2n) is 5.86. The van der Waals surface area contributed by atoms with Crippen molar-refractivity contribution in [3.8, 4) is 0 Å². The van der Waals surface area contributed by atoms with E-state index in [1.54, 1.807) is 60.0 Å². The van der Waals surface area contributed by atoms with E-state index in [9.17, 15) is 13.2 Å². The number of aryl methyl sites for hydroxylation is 1. The maximum absolute atomic E-state index is 12.6. The molecule has 0 atom stereocenters. The number of thiophene rings is 1. The van der Waals surface area contributed by atoms with Crippen LogP contribution < -0.4 is 9.62 Å². The van der Waals surface area contributed by atoms with Crippen LogP contribution in [0.4, 0.5) is 11.4 Å². The first-order chi connectivity index (χ1) is 12.8. The number of halogens is 1. The van der Waals surface area contributed by atoms with Gasteiger partial charge >= 0.3 is 0 Å². The molecule has 0 radical (unpaired) electrons. The molecule has 1 aromatic heterocycles. The third-order valence-electron chi connectivity index (χ3n) is 4.04. The van der Waals surface area contributed by atoms with E-state index in [1.807, 2.05) is 6.92 Å². The third-order valence-corrected chi connectivity index (χ3v) is 7.43. The molecule has 5 nitrogen and oxygen atoms in total. The van der Waals surface area contributed by atoms with Gasteiger partial charge in [0, 0.05) is 23.3 Å². The number of carbonyl (C=O) groups excluding carboxylic acids is 1. The van der Waals surface area contributed by atoms with Gasteiger partial charge in [0.15, 0.2) is 0 Å². The van der Waals surface area contributed by atoms with Gasteiger partial charge in [0.25, 0.3) is 15.9 Å². The van der Waals surface area contributed by atoms with Gasteiger partial charge in [0.05, 0.1) is 5.69 Å². The van der Waals surface area contributed by atoms with Crippen LogP contribution >= 0.6 is 22.9 Å². The molecule has 0 saturated heterocycles. The second-order valence-corrected chi connectivity index (χ2v) is 9.45. The summed E-state index contributed by atoms with van der Waals surface area (Å²) in [5.74, 6) is -0.282. The molecule has 0 aliphatic carbocycles. The Labute approximate surface area is 167 Å². The van der Waals surface area contributed by atoms with Crippen LogP contribution in [0, 0.1) is 6.92 Å². The van der Waals surface area contributed by atoms with Gasteiger partial charge < -0.3 is 5.32 Å². The molecule has 0 aliphatic heterocycles. The van der Waals surface area contributed by atoms with Crippen LogP contribution in [0.5, 0.6) is 0 Å². The topological polar surface area (TPSA) is 66.5 Å². The fourth-order valence-corrected chi connectivity index (χ4v) is 5.05. The molecule has 3 rings (SSSR count). The summed E-state index contributed by atoms with van der Waals surface area (Å²) in [6.45, 7) is 1.86. The summed E-state index contributed by atoms with van der Waals surface area (Å²) in [5, 5.41) is 5.14. The first-order valence-corrected chi connectivity index (χ1v) is 10.7. The number of hydrogen-bond acceptors (Lipinski definition) is 4. The number of amides is 1. The van der Waals surface area contributed by atoms with E-state index in [0.29, 0.717) is 22.0 Å². The summed E-state index contributed by atoms with van der Waals surface area (Å²) in [5.41, 5.74) is 2.43. The van der Waals surface area contributed by atoms with Crippen LogP contribution in [0.3, 0.4) is 0 Å². The lowest BCUT2D eigenvalue weighted by molar-refractivity contribution is 0.102. The lowest BCUT2D eigenvalue weighted by Gasteiger charge is -2.18. The Hall–Kier alpha value is -2.35. The van der Waals surface area contributed by atoms with Crippen molar-refractivity contribution in [1.82, 2.24) is 0 Å². The van der Waals surface area contributed by atoms with Crippen molar-refractivity contribution in [2.75, 3.05) is 16.7 Å². The standard InChI is InChI=1S/C19H17ClN2O3S2/c1-13-12-15(20)7-10-17(13)21-19(23)14-5-8-16(9-6-14)22(2)27(24,25)18-4-3-11-26-18/h3-12H,1-2H3,(H,21,23). The van der Waals surface area contributed by atoms with Crippen LogP contribution in [0.1, 0.15) is 15.9 Å². The molecular weight excluding hydrogens is 404 g/mol. The Kier molecular flexibility index (Phi) is 5.55. The molecule has 1 amide bonds. The highest BCUT2D eigenvalue weighted by Gasteiger charge is 2.22. The SMILES string of the molecule is Cc1cc(Cl)ccc1NC(=O)c1ccc(N(C)S(=O)(=O)c2cccs2)cc1.